The molecule has 112 valence electrons. The second-order valence-corrected chi connectivity index (χ2v) is 4.76. The zero-order valence-corrected chi connectivity index (χ0v) is 11.4. The van der Waals surface area contributed by atoms with Crippen molar-refractivity contribution in [3.63, 3.8) is 0 Å². The van der Waals surface area contributed by atoms with Gasteiger partial charge < -0.3 is 4.74 Å². The van der Waals surface area contributed by atoms with E-state index in [-0.39, 0.29) is 5.56 Å². The molecule has 0 saturated heterocycles. The number of hydrogen-bond acceptors (Lipinski definition) is 5. The molecule has 1 heterocycles. The van der Waals surface area contributed by atoms with Gasteiger partial charge in [0.2, 0.25) is 5.13 Å². The van der Waals surface area contributed by atoms with E-state index in [4.69, 9.17) is 0 Å². The van der Waals surface area contributed by atoms with Crippen molar-refractivity contribution in [2.24, 2.45) is 5.10 Å². The number of benzene rings is 1. The number of hydrazone groups is 1. The Hall–Kier alpha value is -2.16. The van der Waals surface area contributed by atoms with Crippen molar-refractivity contribution in [1.82, 2.24) is 4.98 Å². The minimum atomic E-state index is -4.95. The van der Waals surface area contributed by atoms with Crippen LogP contribution in [0.3, 0.4) is 0 Å². The molecule has 1 aromatic carbocycles. The van der Waals surface area contributed by atoms with Crippen molar-refractivity contribution in [1.29, 1.82) is 0 Å². The Kier molecular flexibility index (Phi) is 4.41. The van der Waals surface area contributed by atoms with Gasteiger partial charge in [0.1, 0.15) is 0 Å². The average molecular weight is 319 g/mol. The number of thiazole rings is 1. The molecule has 1 aromatic heterocycles. The molecule has 0 fully saturated rings. The standard InChI is InChI=1S/C12H9F4N3OS/c1-7-6-21-11(18-7)19-17-5-8-2-3-9(13)10(4-8)20-12(14,15)16/h2-6H,1H3,(H,18,19). The predicted molar refractivity (Wildman–Crippen MR) is 71.2 cm³/mol. The molecule has 0 aliphatic heterocycles. The summed E-state index contributed by atoms with van der Waals surface area (Å²) in [6, 6.07) is 3.05. The number of alkyl halides is 3. The summed E-state index contributed by atoms with van der Waals surface area (Å²) in [5.74, 6) is -2.01. The number of nitrogens with one attached hydrogen (secondary N) is 1. The van der Waals surface area contributed by atoms with Gasteiger partial charge in [-0.05, 0) is 24.6 Å². The Balaban J connectivity index is 2.08. The SMILES string of the molecule is Cc1csc(NN=Cc2ccc(F)c(OC(F)(F)F)c2)n1. The highest BCUT2D eigenvalue weighted by molar-refractivity contribution is 7.13. The van der Waals surface area contributed by atoms with Gasteiger partial charge in [-0.15, -0.1) is 24.5 Å². The van der Waals surface area contributed by atoms with Gasteiger partial charge in [0.25, 0.3) is 0 Å². The van der Waals surface area contributed by atoms with E-state index in [9.17, 15) is 17.6 Å². The highest BCUT2D eigenvalue weighted by Gasteiger charge is 2.32. The molecule has 2 rings (SSSR count). The molecule has 9 heteroatoms. The van der Waals surface area contributed by atoms with Crippen LogP contribution in [0.4, 0.5) is 22.7 Å². The summed E-state index contributed by atoms with van der Waals surface area (Å²) < 4.78 is 53.0. The van der Waals surface area contributed by atoms with Crippen LogP contribution in [-0.4, -0.2) is 17.6 Å². The van der Waals surface area contributed by atoms with Gasteiger partial charge in [0.05, 0.1) is 11.9 Å². The lowest BCUT2D eigenvalue weighted by molar-refractivity contribution is -0.275. The summed E-state index contributed by atoms with van der Waals surface area (Å²) in [6.45, 7) is 1.81. The fourth-order valence-corrected chi connectivity index (χ4v) is 2.01. The number of hydrogen-bond donors (Lipinski definition) is 1. The molecule has 0 aliphatic carbocycles. The summed E-state index contributed by atoms with van der Waals surface area (Å²) in [5, 5.41) is 6.16. The summed E-state index contributed by atoms with van der Waals surface area (Å²) in [4.78, 5) is 4.08. The van der Waals surface area contributed by atoms with Crippen LogP contribution in [0.25, 0.3) is 0 Å². The van der Waals surface area contributed by atoms with Crippen molar-refractivity contribution in [2.45, 2.75) is 13.3 Å². The van der Waals surface area contributed by atoms with Crippen molar-refractivity contribution in [3.05, 3.63) is 40.7 Å². The van der Waals surface area contributed by atoms with Crippen LogP contribution in [0.15, 0.2) is 28.7 Å². The number of ether oxygens (including phenoxy) is 1. The Morgan fingerprint density at radius 1 is 1.38 bits per heavy atom. The lowest BCUT2D eigenvalue weighted by atomic mass is 10.2. The van der Waals surface area contributed by atoms with Gasteiger partial charge in [-0.2, -0.15) is 5.10 Å². The van der Waals surface area contributed by atoms with Crippen LogP contribution in [0.1, 0.15) is 11.3 Å². The predicted octanol–water partition coefficient (Wildman–Crippen LogP) is 3.94. The first-order chi connectivity index (χ1) is 9.83. The molecule has 1 N–H and O–H groups in total. The Morgan fingerprint density at radius 3 is 2.76 bits per heavy atom. The van der Waals surface area contributed by atoms with Crippen molar-refractivity contribution in [3.8, 4) is 5.75 Å². The lowest BCUT2D eigenvalue weighted by Crippen LogP contribution is -2.18. The number of nitrogens with zero attached hydrogens (tertiary/aromatic N) is 2. The Morgan fingerprint density at radius 2 is 2.14 bits per heavy atom. The monoisotopic (exact) mass is 319 g/mol. The maximum absolute atomic E-state index is 13.2. The summed E-state index contributed by atoms with van der Waals surface area (Å²) in [7, 11) is 0. The first kappa shape index (κ1) is 15.2. The Labute approximate surface area is 121 Å². The molecular formula is C12H9F4N3OS. The largest absolute Gasteiger partial charge is 0.573 e. The molecule has 0 aliphatic rings. The van der Waals surface area contributed by atoms with Gasteiger partial charge in [0, 0.05) is 5.38 Å². The van der Waals surface area contributed by atoms with E-state index < -0.39 is 17.9 Å². The minimum absolute atomic E-state index is 0.247. The number of aromatic nitrogens is 1. The second kappa shape index (κ2) is 6.08. The molecule has 0 atom stereocenters. The maximum Gasteiger partial charge on any atom is 0.573 e. The second-order valence-electron chi connectivity index (χ2n) is 3.90. The van der Waals surface area contributed by atoms with Crippen LogP contribution in [0, 0.1) is 12.7 Å². The summed E-state index contributed by atoms with van der Waals surface area (Å²) in [6.07, 6.45) is -3.72. The maximum atomic E-state index is 13.2. The highest BCUT2D eigenvalue weighted by atomic mass is 32.1. The van der Waals surface area contributed by atoms with E-state index in [1.165, 1.54) is 23.6 Å². The van der Waals surface area contributed by atoms with E-state index in [1.807, 2.05) is 12.3 Å². The normalized spacial score (nSPS) is 11.9. The third-order valence-corrected chi connectivity index (χ3v) is 3.04. The van der Waals surface area contributed by atoms with E-state index in [2.05, 4.69) is 20.2 Å². The number of aryl methyl sites for hydroxylation is 1. The van der Waals surface area contributed by atoms with Crippen LogP contribution < -0.4 is 10.2 Å². The van der Waals surface area contributed by atoms with Gasteiger partial charge in [-0.3, -0.25) is 5.43 Å². The van der Waals surface area contributed by atoms with Gasteiger partial charge in [-0.25, -0.2) is 9.37 Å². The fourth-order valence-electron chi connectivity index (χ4n) is 1.37. The smallest absolute Gasteiger partial charge is 0.403 e. The van der Waals surface area contributed by atoms with Crippen LogP contribution in [-0.2, 0) is 0 Å². The quantitative estimate of drug-likeness (QED) is 0.527. The average Bonchev–Trinajstić information content (AvgIpc) is 2.77. The summed E-state index contributed by atoms with van der Waals surface area (Å²) in [5.41, 5.74) is 3.68. The first-order valence-corrected chi connectivity index (χ1v) is 6.48. The molecule has 0 unspecified atom stereocenters. The molecule has 2 aromatic rings. The van der Waals surface area contributed by atoms with Crippen LogP contribution in [0.5, 0.6) is 5.75 Å². The van der Waals surface area contributed by atoms with Gasteiger partial charge in [-0.1, -0.05) is 6.07 Å². The first-order valence-electron chi connectivity index (χ1n) is 5.60. The van der Waals surface area contributed by atoms with Crippen LogP contribution >= 0.6 is 11.3 Å². The Bertz CT molecular complexity index is 654. The lowest BCUT2D eigenvalue weighted by Gasteiger charge is -2.09. The molecule has 0 spiro atoms. The number of rotatable bonds is 4. The van der Waals surface area contributed by atoms with E-state index in [0.717, 1.165) is 17.8 Å². The van der Waals surface area contributed by atoms with E-state index >= 15 is 0 Å². The molecule has 0 bridgehead atoms. The molecule has 0 amide bonds. The number of anilines is 1. The molecule has 21 heavy (non-hydrogen) atoms. The van der Waals surface area contributed by atoms with Gasteiger partial charge in [0.15, 0.2) is 11.6 Å². The molecule has 0 saturated carbocycles. The topological polar surface area (TPSA) is 46.5 Å². The van der Waals surface area contributed by atoms with Crippen molar-refractivity contribution >= 4 is 22.7 Å². The highest BCUT2D eigenvalue weighted by Crippen LogP contribution is 2.26. The summed E-state index contributed by atoms with van der Waals surface area (Å²) >= 11 is 1.33. The van der Waals surface area contributed by atoms with Crippen molar-refractivity contribution < 1.29 is 22.3 Å². The fraction of sp³-hybridized carbons (Fsp3) is 0.167. The third-order valence-electron chi connectivity index (χ3n) is 2.17. The van der Waals surface area contributed by atoms with E-state index in [1.54, 1.807) is 0 Å². The molecule has 4 nitrogen and oxygen atoms in total. The number of halogens is 4. The minimum Gasteiger partial charge on any atom is -0.403 e. The third kappa shape index (κ3) is 4.71. The van der Waals surface area contributed by atoms with Gasteiger partial charge >= 0.3 is 6.36 Å². The molecule has 0 radical (unpaired) electrons. The van der Waals surface area contributed by atoms with Crippen LogP contribution in [0.2, 0.25) is 0 Å². The zero-order chi connectivity index (χ0) is 15.5. The molecular weight excluding hydrogens is 310 g/mol. The van der Waals surface area contributed by atoms with E-state index in [0.29, 0.717) is 5.13 Å². The zero-order valence-electron chi connectivity index (χ0n) is 10.6. The van der Waals surface area contributed by atoms with Crippen molar-refractivity contribution in [2.75, 3.05) is 5.43 Å².